The molecule has 1 heterocycles. The predicted octanol–water partition coefficient (Wildman–Crippen LogP) is 0.289. The van der Waals surface area contributed by atoms with Gasteiger partial charge in [-0.05, 0) is 6.07 Å². The van der Waals surface area contributed by atoms with Crippen LogP contribution in [0.2, 0.25) is 0 Å². The summed E-state index contributed by atoms with van der Waals surface area (Å²) in [6.07, 6.45) is 0. The molecule has 17 heavy (non-hydrogen) atoms. The minimum Gasteiger partial charge on any atom is -0.324 e. The van der Waals surface area contributed by atoms with Crippen LogP contribution in [0, 0.1) is 0 Å². The molecular weight excluding hydrogens is 242 g/mol. The van der Waals surface area contributed by atoms with Crippen LogP contribution in [-0.2, 0) is 10.1 Å². The Balaban J connectivity index is 2.83. The standard InChI is InChI=1S/C10H11N3O3S/c1-11-9-6-4-3-5-7(17(14,15)16)8(6)10(12-2)13-9/h3-5H,1-2H3,(H,11,12,13)(H,14,15,16). The van der Waals surface area contributed by atoms with Crippen molar-refractivity contribution in [2.45, 2.75) is 4.90 Å². The monoisotopic (exact) mass is 253 g/mol. The smallest absolute Gasteiger partial charge is 0.295 e. The average Bonchev–Trinajstić information content (AvgIpc) is 2.65. The predicted molar refractivity (Wildman–Crippen MR) is 64.3 cm³/mol. The fourth-order valence-electron chi connectivity index (χ4n) is 1.77. The van der Waals surface area contributed by atoms with Crippen LogP contribution < -0.4 is 5.32 Å². The lowest BCUT2D eigenvalue weighted by atomic mass is 10.1. The van der Waals surface area contributed by atoms with E-state index in [1.54, 1.807) is 19.2 Å². The number of amidine groups is 2. The summed E-state index contributed by atoms with van der Waals surface area (Å²) in [4.78, 5) is 7.78. The van der Waals surface area contributed by atoms with Crippen LogP contribution in [0.5, 0.6) is 0 Å². The Bertz CT molecular complexity index is 632. The quantitative estimate of drug-likeness (QED) is 0.704. The summed E-state index contributed by atoms with van der Waals surface area (Å²) in [5.41, 5.74) is 0.973. The van der Waals surface area contributed by atoms with Crippen LogP contribution in [0.1, 0.15) is 11.1 Å². The lowest BCUT2D eigenvalue weighted by molar-refractivity contribution is 0.483. The molecule has 90 valence electrons. The zero-order valence-corrected chi connectivity index (χ0v) is 10.1. The van der Waals surface area contributed by atoms with Crippen LogP contribution in [0.3, 0.4) is 0 Å². The van der Waals surface area contributed by atoms with Gasteiger partial charge in [0.05, 0.1) is 0 Å². The van der Waals surface area contributed by atoms with E-state index in [1.807, 2.05) is 0 Å². The lowest BCUT2D eigenvalue weighted by Crippen LogP contribution is -2.22. The first-order chi connectivity index (χ1) is 7.99. The van der Waals surface area contributed by atoms with Gasteiger partial charge in [0.15, 0.2) is 0 Å². The summed E-state index contributed by atoms with van der Waals surface area (Å²) < 4.78 is 31.7. The molecule has 1 aliphatic heterocycles. The number of rotatable bonds is 1. The van der Waals surface area contributed by atoms with E-state index in [2.05, 4.69) is 15.3 Å². The first kappa shape index (κ1) is 11.7. The Morgan fingerprint density at radius 2 is 1.82 bits per heavy atom. The maximum atomic E-state index is 11.3. The molecule has 1 aromatic rings. The Kier molecular flexibility index (Phi) is 2.72. The molecule has 0 spiro atoms. The summed E-state index contributed by atoms with van der Waals surface area (Å²) in [5.74, 6) is 0.917. The molecule has 0 atom stereocenters. The van der Waals surface area contributed by atoms with Gasteiger partial charge in [-0.25, -0.2) is 0 Å². The summed E-state index contributed by atoms with van der Waals surface area (Å²) in [5, 5.41) is 2.89. The van der Waals surface area contributed by atoms with Gasteiger partial charge in [-0.2, -0.15) is 8.42 Å². The maximum absolute atomic E-state index is 11.3. The van der Waals surface area contributed by atoms with Crippen molar-refractivity contribution in [3.8, 4) is 0 Å². The van der Waals surface area contributed by atoms with Crippen molar-refractivity contribution in [2.75, 3.05) is 14.1 Å². The van der Waals surface area contributed by atoms with Crippen LogP contribution >= 0.6 is 0 Å². The first-order valence-electron chi connectivity index (χ1n) is 4.81. The molecule has 1 aliphatic rings. The molecule has 2 rings (SSSR count). The highest BCUT2D eigenvalue weighted by Gasteiger charge is 2.29. The summed E-state index contributed by atoms with van der Waals surface area (Å²) in [6.45, 7) is 0. The van der Waals surface area contributed by atoms with Gasteiger partial charge in [0.25, 0.3) is 10.1 Å². The highest BCUT2D eigenvalue weighted by atomic mass is 32.2. The van der Waals surface area contributed by atoms with Crippen molar-refractivity contribution in [1.29, 1.82) is 0 Å². The van der Waals surface area contributed by atoms with Gasteiger partial charge < -0.3 is 5.32 Å². The fourth-order valence-corrected chi connectivity index (χ4v) is 2.49. The molecule has 7 heteroatoms. The molecule has 0 saturated heterocycles. The van der Waals surface area contributed by atoms with Crippen molar-refractivity contribution < 1.29 is 13.0 Å². The van der Waals surface area contributed by atoms with Gasteiger partial charge >= 0.3 is 0 Å². The molecule has 2 N–H and O–H groups in total. The van der Waals surface area contributed by atoms with Gasteiger partial charge in [-0.1, -0.05) is 12.1 Å². The second-order valence-electron chi connectivity index (χ2n) is 3.42. The number of hydrogen-bond donors (Lipinski definition) is 2. The zero-order valence-electron chi connectivity index (χ0n) is 9.30. The molecule has 0 aliphatic carbocycles. The second kappa shape index (κ2) is 3.94. The third-order valence-corrected chi connectivity index (χ3v) is 3.38. The molecular formula is C10H11N3O3S. The van der Waals surface area contributed by atoms with Crippen LogP contribution in [0.15, 0.2) is 33.1 Å². The van der Waals surface area contributed by atoms with Crippen molar-refractivity contribution >= 4 is 21.8 Å². The number of hydrogen-bond acceptors (Lipinski definition) is 4. The molecule has 0 saturated carbocycles. The van der Waals surface area contributed by atoms with Gasteiger partial charge in [-0.3, -0.25) is 14.5 Å². The summed E-state index contributed by atoms with van der Waals surface area (Å²) in [6, 6.07) is 4.60. The molecule has 0 bridgehead atoms. The minimum absolute atomic E-state index is 0.165. The van der Waals surface area contributed by atoms with E-state index in [0.29, 0.717) is 22.8 Å². The Morgan fingerprint density at radius 1 is 1.18 bits per heavy atom. The van der Waals surface area contributed by atoms with E-state index in [1.165, 1.54) is 13.1 Å². The Labute approximate surface area is 98.9 Å². The zero-order chi connectivity index (χ0) is 12.6. The number of benzene rings is 1. The van der Waals surface area contributed by atoms with Crippen molar-refractivity contribution in [3.05, 3.63) is 29.3 Å². The average molecular weight is 253 g/mol. The highest BCUT2D eigenvalue weighted by Crippen LogP contribution is 2.24. The molecule has 0 fully saturated rings. The third kappa shape index (κ3) is 1.83. The fraction of sp³-hybridized carbons (Fsp3) is 0.200. The highest BCUT2D eigenvalue weighted by molar-refractivity contribution is 7.86. The van der Waals surface area contributed by atoms with Crippen molar-refractivity contribution in [1.82, 2.24) is 5.32 Å². The van der Waals surface area contributed by atoms with E-state index in [-0.39, 0.29) is 4.90 Å². The molecule has 0 radical (unpaired) electrons. The Morgan fingerprint density at radius 3 is 2.35 bits per heavy atom. The van der Waals surface area contributed by atoms with Crippen LogP contribution in [-0.4, -0.2) is 38.7 Å². The number of nitrogens with one attached hydrogen (secondary N) is 1. The molecule has 0 amide bonds. The van der Waals surface area contributed by atoms with E-state index >= 15 is 0 Å². The SMILES string of the molecule is CN=C1NC(=NC)c2c1cccc2S(=O)(=O)O. The number of nitrogens with zero attached hydrogens (tertiary/aromatic N) is 2. The number of aliphatic imine (C=N–C) groups is 2. The van der Waals surface area contributed by atoms with E-state index < -0.39 is 10.1 Å². The van der Waals surface area contributed by atoms with Gasteiger partial charge in [0.2, 0.25) is 0 Å². The van der Waals surface area contributed by atoms with E-state index in [9.17, 15) is 13.0 Å². The second-order valence-corrected chi connectivity index (χ2v) is 4.81. The largest absolute Gasteiger partial charge is 0.324 e. The summed E-state index contributed by atoms with van der Waals surface area (Å²) >= 11 is 0. The lowest BCUT2D eigenvalue weighted by Gasteiger charge is -2.03. The van der Waals surface area contributed by atoms with Crippen molar-refractivity contribution in [3.63, 3.8) is 0 Å². The van der Waals surface area contributed by atoms with Gasteiger partial charge in [0, 0.05) is 25.2 Å². The molecule has 0 unspecified atom stereocenters. The summed E-state index contributed by atoms with van der Waals surface area (Å²) in [7, 11) is -1.16. The normalized spacial score (nSPS) is 19.5. The molecule has 6 nitrogen and oxygen atoms in total. The third-order valence-electron chi connectivity index (χ3n) is 2.48. The van der Waals surface area contributed by atoms with Gasteiger partial charge in [-0.15, -0.1) is 0 Å². The van der Waals surface area contributed by atoms with Gasteiger partial charge in [0.1, 0.15) is 16.6 Å². The van der Waals surface area contributed by atoms with E-state index in [4.69, 9.17) is 0 Å². The maximum Gasteiger partial charge on any atom is 0.295 e. The van der Waals surface area contributed by atoms with Crippen LogP contribution in [0.25, 0.3) is 0 Å². The topological polar surface area (TPSA) is 91.1 Å². The van der Waals surface area contributed by atoms with Crippen LogP contribution in [0.4, 0.5) is 0 Å². The number of fused-ring (bicyclic) bond motifs is 1. The first-order valence-corrected chi connectivity index (χ1v) is 6.25. The van der Waals surface area contributed by atoms with Crippen molar-refractivity contribution in [2.24, 2.45) is 9.98 Å². The molecule has 0 aromatic heterocycles. The minimum atomic E-state index is -4.28. The van der Waals surface area contributed by atoms with E-state index in [0.717, 1.165) is 0 Å². The molecule has 1 aromatic carbocycles. The Hall–Kier alpha value is -1.73.